The first-order chi connectivity index (χ1) is 8.35. The molecule has 1 aromatic rings. The van der Waals surface area contributed by atoms with Crippen molar-refractivity contribution in [1.82, 2.24) is 10.3 Å². The quantitative estimate of drug-likeness (QED) is 0.638. The van der Waals surface area contributed by atoms with Crippen molar-refractivity contribution in [3.8, 4) is 5.88 Å². The van der Waals surface area contributed by atoms with Crippen LogP contribution in [-0.4, -0.2) is 42.0 Å². The van der Waals surface area contributed by atoms with E-state index in [2.05, 4.69) is 10.3 Å². The summed E-state index contributed by atoms with van der Waals surface area (Å²) in [5.74, 6) is -1.02. The van der Waals surface area contributed by atoms with Gasteiger partial charge in [0.2, 0.25) is 0 Å². The number of sulfone groups is 1. The van der Waals surface area contributed by atoms with Crippen molar-refractivity contribution >= 4 is 15.7 Å². The number of nitrogens with one attached hydrogen (secondary N) is 2. The number of hydrogen-bond acceptors (Lipinski definition) is 5. The summed E-state index contributed by atoms with van der Waals surface area (Å²) in [5, 5.41) is 11.7. The maximum absolute atomic E-state index is 11.7. The molecule has 0 bridgehead atoms. The molecule has 3 N–H and O–H groups in total. The standard InChI is InChI=1S/C10H12N2O5S/c13-8-3-6(4-9(14)12-8)10(15)11-7-1-2-18(16,17)5-7/h3-4,7H,1-2,5H2,(H,11,15)(H2,12,13,14). The third-order valence-electron chi connectivity index (χ3n) is 2.66. The number of pyridine rings is 1. The summed E-state index contributed by atoms with van der Waals surface area (Å²) in [7, 11) is -3.07. The molecule has 1 aliphatic heterocycles. The monoisotopic (exact) mass is 272 g/mol. The summed E-state index contributed by atoms with van der Waals surface area (Å²) >= 11 is 0. The summed E-state index contributed by atoms with van der Waals surface area (Å²) in [6.07, 6.45) is 0.364. The van der Waals surface area contributed by atoms with E-state index in [4.69, 9.17) is 5.11 Å². The Balaban J connectivity index is 2.11. The third-order valence-corrected chi connectivity index (χ3v) is 4.43. The first kappa shape index (κ1) is 12.6. The van der Waals surface area contributed by atoms with Crippen LogP contribution < -0.4 is 10.9 Å². The van der Waals surface area contributed by atoms with Crippen LogP contribution in [-0.2, 0) is 9.84 Å². The fourth-order valence-electron chi connectivity index (χ4n) is 1.84. The Labute approximate surface area is 103 Å². The van der Waals surface area contributed by atoms with Gasteiger partial charge in [-0.2, -0.15) is 0 Å². The Hall–Kier alpha value is -1.83. The van der Waals surface area contributed by atoms with Gasteiger partial charge in [0.25, 0.3) is 11.5 Å². The van der Waals surface area contributed by atoms with Gasteiger partial charge in [0, 0.05) is 18.2 Å². The molecule has 2 heterocycles. The van der Waals surface area contributed by atoms with Crippen molar-refractivity contribution < 1.29 is 18.3 Å². The van der Waals surface area contributed by atoms with Crippen molar-refractivity contribution in [2.24, 2.45) is 0 Å². The predicted molar refractivity (Wildman–Crippen MR) is 63.3 cm³/mol. The molecule has 1 atom stereocenters. The number of aromatic hydroxyl groups is 1. The van der Waals surface area contributed by atoms with Gasteiger partial charge in [-0.3, -0.25) is 14.6 Å². The zero-order valence-corrected chi connectivity index (χ0v) is 10.2. The van der Waals surface area contributed by atoms with Gasteiger partial charge in [-0.05, 0) is 6.42 Å². The molecular weight excluding hydrogens is 260 g/mol. The predicted octanol–water partition coefficient (Wildman–Crippen LogP) is -1.00. The zero-order chi connectivity index (χ0) is 13.3. The van der Waals surface area contributed by atoms with Crippen molar-refractivity contribution in [1.29, 1.82) is 0 Å². The minimum absolute atomic E-state index is 0.000507. The number of aromatic amines is 1. The second kappa shape index (κ2) is 4.45. The first-order valence-corrected chi connectivity index (χ1v) is 7.12. The van der Waals surface area contributed by atoms with Gasteiger partial charge >= 0.3 is 0 Å². The lowest BCUT2D eigenvalue weighted by atomic mass is 10.2. The SMILES string of the molecule is O=C(NC1CCS(=O)(=O)C1)c1cc(O)[nH]c(=O)c1. The molecular formula is C10H12N2O5S. The summed E-state index contributed by atoms with van der Waals surface area (Å²) in [6, 6.07) is 1.71. The molecule has 0 aromatic carbocycles. The van der Waals surface area contributed by atoms with Crippen LogP contribution in [0, 0.1) is 0 Å². The number of rotatable bonds is 2. The van der Waals surface area contributed by atoms with Gasteiger partial charge in [-0.15, -0.1) is 0 Å². The largest absolute Gasteiger partial charge is 0.494 e. The van der Waals surface area contributed by atoms with Gasteiger partial charge in [-0.1, -0.05) is 0 Å². The van der Waals surface area contributed by atoms with E-state index in [1.807, 2.05) is 0 Å². The highest BCUT2D eigenvalue weighted by Gasteiger charge is 2.29. The van der Waals surface area contributed by atoms with Crippen LogP contribution in [0.1, 0.15) is 16.8 Å². The second-order valence-corrected chi connectivity index (χ2v) is 6.42. The van der Waals surface area contributed by atoms with Crippen LogP contribution in [0.15, 0.2) is 16.9 Å². The highest BCUT2D eigenvalue weighted by Crippen LogP contribution is 2.12. The number of H-pyrrole nitrogens is 1. The number of carbonyl (C=O) groups is 1. The molecule has 1 amide bonds. The van der Waals surface area contributed by atoms with E-state index in [1.54, 1.807) is 0 Å². The Bertz CT molecular complexity index is 634. The Kier molecular flexibility index (Phi) is 3.12. The molecule has 2 rings (SSSR count). The van der Waals surface area contributed by atoms with E-state index in [1.165, 1.54) is 0 Å². The number of amides is 1. The Morgan fingerprint density at radius 1 is 1.44 bits per heavy atom. The van der Waals surface area contributed by atoms with Crippen LogP contribution in [0.5, 0.6) is 5.88 Å². The first-order valence-electron chi connectivity index (χ1n) is 5.30. The molecule has 0 spiro atoms. The second-order valence-electron chi connectivity index (χ2n) is 4.19. The van der Waals surface area contributed by atoms with E-state index in [0.717, 1.165) is 12.1 Å². The Morgan fingerprint density at radius 3 is 2.72 bits per heavy atom. The number of aromatic nitrogens is 1. The van der Waals surface area contributed by atoms with Gasteiger partial charge in [0.05, 0.1) is 17.1 Å². The lowest BCUT2D eigenvalue weighted by Gasteiger charge is -2.10. The van der Waals surface area contributed by atoms with Crippen molar-refractivity contribution in [3.63, 3.8) is 0 Å². The molecule has 1 saturated heterocycles. The minimum atomic E-state index is -3.07. The average Bonchev–Trinajstić information content (AvgIpc) is 2.56. The fraction of sp³-hybridized carbons (Fsp3) is 0.400. The van der Waals surface area contributed by atoms with Crippen LogP contribution in [0.2, 0.25) is 0 Å². The van der Waals surface area contributed by atoms with Crippen LogP contribution in [0.3, 0.4) is 0 Å². The van der Waals surface area contributed by atoms with E-state index >= 15 is 0 Å². The highest BCUT2D eigenvalue weighted by molar-refractivity contribution is 7.91. The average molecular weight is 272 g/mol. The van der Waals surface area contributed by atoms with E-state index in [9.17, 15) is 18.0 Å². The molecule has 0 saturated carbocycles. The van der Waals surface area contributed by atoms with E-state index in [0.29, 0.717) is 6.42 Å². The molecule has 1 fully saturated rings. The van der Waals surface area contributed by atoms with E-state index < -0.39 is 33.2 Å². The molecule has 1 aromatic heterocycles. The molecule has 0 radical (unpaired) electrons. The van der Waals surface area contributed by atoms with Gasteiger partial charge in [0.15, 0.2) is 15.7 Å². The van der Waals surface area contributed by atoms with Gasteiger partial charge in [-0.25, -0.2) is 8.42 Å². The highest BCUT2D eigenvalue weighted by atomic mass is 32.2. The summed E-state index contributed by atoms with van der Waals surface area (Å²) in [4.78, 5) is 24.9. The minimum Gasteiger partial charge on any atom is -0.494 e. The summed E-state index contributed by atoms with van der Waals surface area (Å²) < 4.78 is 22.4. The summed E-state index contributed by atoms with van der Waals surface area (Å²) in [5.41, 5.74) is -0.597. The molecule has 18 heavy (non-hydrogen) atoms. The molecule has 1 aliphatic rings. The number of carbonyl (C=O) groups excluding carboxylic acids is 1. The smallest absolute Gasteiger partial charge is 0.251 e. The maximum atomic E-state index is 11.7. The number of hydrogen-bond donors (Lipinski definition) is 3. The molecule has 1 unspecified atom stereocenters. The van der Waals surface area contributed by atoms with Gasteiger partial charge < -0.3 is 10.4 Å². The van der Waals surface area contributed by atoms with E-state index in [-0.39, 0.29) is 17.1 Å². The zero-order valence-electron chi connectivity index (χ0n) is 9.34. The lowest BCUT2D eigenvalue weighted by Crippen LogP contribution is -2.36. The summed E-state index contributed by atoms with van der Waals surface area (Å²) in [6.45, 7) is 0. The third kappa shape index (κ3) is 2.89. The molecule has 98 valence electrons. The van der Waals surface area contributed by atoms with Crippen molar-refractivity contribution in [3.05, 3.63) is 28.0 Å². The fourth-order valence-corrected chi connectivity index (χ4v) is 3.51. The van der Waals surface area contributed by atoms with Crippen LogP contribution in [0.4, 0.5) is 0 Å². The molecule has 0 aliphatic carbocycles. The molecule has 8 heteroatoms. The normalized spacial score (nSPS) is 21.7. The topological polar surface area (TPSA) is 116 Å². The van der Waals surface area contributed by atoms with Crippen LogP contribution in [0.25, 0.3) is 0 Å². The van der Waals surface area contributed by atoms with Gasteiger partial charge in [0.1, 0.15) is 0 Å². The van der Waals surface area contributed by atoms with Crippen LogP contribution >= 0.6 is 0 Å². The lowest BCUT2D eigenvalue weighted by molar-refractivity contribution is 0.0940. The Morgan fingerprint density at radius 2 is 2.17 bits per heavy atom. The van der Waals surface area contributed by atoms with Crippen molar-refractivity contribution in [2.75, 3.05) is 11.5 Å². The molecule has 7 nitrogen and oxygen atoms in total. The maximum Gasteiger partial charge on any atom is 0.251 e. The van der Waals surface area contributed by atoms with Crippen molar-refractivity contribution in [2.45, 2.75) is 12.5 Å².